The van der Waals surface area contributed by atoms with E-state index >= 15 is 0 Å². The number of aliphatic carboxylic acids is 1. The van der Waals surface area contributed by atoms with Crippen LogP contribution in [0.4, 0.5) is 0 Å². The Bertz CT molecular complexity index is 394. The van der Waals surface area contributed by atoms with E-state index in [1.165, 1.54) is 12.3 Å². The first-order chi connectivity index (χ1) is 7.63. The molecule has 0 aromatic carbocycles. The minimum atomic E-state index is -1.09. The van der Waals surface area contributed by atoms with Gasteiger partial charge in [0.25, 0.3) is 0 Å². The van der Waals surface area contributed by atoms with Gasteiger partial charge < -0.3 is 14.3 Å². The Kier molecular flexibility index (Phi) is 8.45. The Balaban J connectivity index is 0.00000256. The van der Waals surface area contributed by atoms with Crippen molar-refractivity contribution in [3.05, 3.63) is 29.7 Å². The molecule has 0 saturated carbocycles. The number of furan rings is 1. The summed E-state index contributed by atoms with van der Waals surface area (Å²) in [6, 6.07) is 3.27. The Labute approximate surface area is 141 Å². The Morgan fingerprint density at radius 1 is 1.53 bits per heavy atom. The van der Waals surface area contributed by atoms with Crippen LogP contribution in [0, 0.1) is 0 Å². The van der Waals surface area contributed by atoms with Crippen molar-refractivity contribution < 1.29 is 23.8 Å². The van der Waals surface area contributed by atoms with E-state index in [1.807, 2.05) is 0 Å². The van der Waals surface area contributed by atoms with Gasteiger partial charge in [0.2, 0.25) is 0 Å². The van der Waals surface area contributed by atoms with Crippen molar-refractivity contribution in [2.24, 2.45) is 0 Å². The molecule has 1 rings (SSSR count). The monoisotopic (exact) mass is 263 g/mol. The topological polar surface area (TPSA) is 76.7 Å². The third kappa shape index (κ3) is 6.18. The van der Waals surface area contributed by atoms with Gasteiger partial charge in [-0.15, -0.1) is 0 Å². The van der Waals surface area contributed by atoms with E-state index in [9.17, 15) is 9.59 Å². The number of ether oxygens (including phenoxy) is 1. The summed E-state index contributed by atoms with van der Waals surface area (Å²) in [4.78, 5) is 22.0. The molecule has 0 spiro atoms. The molecule has 87 valence electrons. The zero-order chi connectivity index (χ0) is 12.0. The quantitative estimate of drug-likeness (QED) is 0.492. The van der Waals surface area contributed by atoms with E-state index in [-0.39, 0.29) is 70.0 Å². The minimum absolute atomic E-state index is 0. The molecule has 1 radical (unpaired) electrons. The first-order valence-electron chi connectivity index (χ1n) is 4.76. The third-order valence-corrected chi connectivity index (χ3v) is 1.74. The second kappa shape index (κ2) is 8.65. The van der Waals surface area contributed by atoms with Crippen LogP contribution in [-0.4, -0.2) is 75.0 Å². The molecule has 1 aromatic heterocycles. The number of hydrogen-bond acceptors (Lipinski definition) is 4. The van der Waals surface area contributed by atoms with Gasteiger partial charge in [-0.1, -0.05) is 0 Å². The second-order valence-electron chi connectivity index (χ2n) is 2.98. The maximum absolute atomic E-state index is 11.4. The van der Waals surface area contributed by atoms with Gasteiger partial charge in [0.15, 0.2) is 0 Å². The molecule has 6 heteroatoms. The molecular formula is C11H12KO5. The van der Waals surface area contributed by atoms with Crippen LogP contribution in [0.3, 0.4) is 0 Å². The third-order valence-electron chi connectivity index (χ3n) is 1.74. The zero-order valence-corrected chi connectivity index (χ0v) is 12.9. The maximum Gasteiger partial charge on any atom is 0.334 e. The second-order valence-corrected chi connectivity index (χ2v) is 2.98. The van der Waals surface area contributed by atoms with E-state index in [0.717, 1.165) is 0 Å². The molecule has 0 saturated heterocycles. The van der Waals surface area contributed by atoms with Crippen molar-refractivity contribution in [3.63, 3.8) is 0 Å². The number of carbonyl (C=O) groups excluding carboxylic acids is 1. The Morgan fingerprint density at radius 3 is 2.71 bits per heavy atom. The molecule has 0 aliphatic rings. The molecule has 0 bridgehead atoms. The van der Waals surface area contributed by atoms with Crippen LogP contribution in [0.5, 0.6) is 0 Å². The van der Waals surface area contributed by atoms with Gasteiger partial charge in [-0.05, 0) is 25.1 Å². The Morgan fingerprint density at radius 2 is 2.24 bits per heavy atom. The SMILES string of the molecule is CCOC(=O)C(=Cc1ccco1)CC(=O)O.[K]. The normalized spacial score (nSPS) is 10.5. The molecule has 1 N–H and O–H groups in total. The van der Waals surface area contributed by atoms with Gasteiger partial charge in [-0.3, -0.25) is 4.79 Å². The summed E-state index contributed by atoms with van der Waals surface area (Å²) in [6.45, 7) is 1.86. The first kappa shape index (κ1) is 16.6. The number of carboxylic acid groups (broad SMARTS) is 1. The minimum Gasteiger partial charge on any atom is -0.481 e. The Hall–Kier alpha value is -0.404. The molecule has 0 amide bonds. The predicted octanol–water partition coefficient (Wildman–Crippen LogP) is 1.32. The maximum atomic E-state index is 11.4. The molecule has 0 aliphatic heterocycles. The molecule has 0 atom stereocenters. The van der Waals surface area contributed by atoms with Crippen LogP contribution < -0.4 is 0 Å². The average molecular weight is 263 g/mol. The van der Waals surface area contributed by atoms with Gasteiger partial charge in [-0.25, -0.2) is 4.79 Å². The number of hydrogen-bond donors (Lipinski definition) is 1. The van der Waals surface area contributed by atoms with Crippen molar-refractivity contribution in [1.29, 1.82) is 0 Å². The van der Waals surface area contributed by atoms with Gasteiger partial charge in [0, 0.05) is 51.4 Å². The van der Waals surface area contributed by atoms with Crippen molar-refractivity contribution in [2.75, 3.05) is 6.61 Å². The number of rotatable bonds is 5. The molecule has 1 aromatic rings. The molecule has 0 fully saturated rings. The summed E-state index contributed by atoms with van der Waals surface area (Å²) >= 11 is 0. The van der Waals surface area contributed by atoms with Crippen molar-refractivity contribution in [3.8, 4) is 0 Å². The fourth-order valence-corrected chi connectivity index (χ4v) is 1.11. The summed E-state index contributed by atoms with van der Waals surface area (Å²) in [5, 5.41) is 8.65. The summed E-state index contributed by atoms with van der Waals surface area (Å²) in [7, 11) is 0. The van der Waals surface area contributed by atoms with Crippen LogP contribution in [0.25, 0.3) is 6.08 Å². The first-order valence-corrected chi connectivity index (χ1v) is 4.76. The van der Waals surface area contributed by atoms with Gasteiger partial charge in [0.05, 0.1) is 24.9 Å². The summed E-state index contributed by atoms with van der Waals surface area (Å²) in [5.74, 6) is -1.31. The van der Waals surface area contributed by atoms with E-state index < -0.39 is 11.9 Å². The largest absolute Gasteiger partial charge is 0.481 e. The van der Waals surface area contributed by atoms with Gasteiger partial charge in [0.1, 0.15) is 5.76 Å². The van der Waals surface area contributed by atoms with Crippen molar-refractivity contribution >= 4 is 69.4 Å². The summed E-state index contributed by atoms with van der Waals surface area (Å²) in [6.07, 6.45) is 2.42. The molecule has 0 unspecified atom stereocenters. The molecule has 1 heterocycles. The number of carbonyl (C=O) groups is 2. The van der Waals surface area contributed by atoms with Crippen LogP contribution in [0.1, 0.15) is 19.1 Å². The van der Waals surface area contributed by atoms with Crippen LogP contribution in [-0.2, 0) is 14.3 Å². The van der Waals surface area contributed by atoms with Crippen LogP contribution in [0.15, 0.2) is 28.4 Å². The molecular weight excluding hydrogens is 251 g/mol. The fourth-order valence-electron chi connectivity index (χ4n) is 1.11. The summed E-state index contributed by atoms with van der Waals surface area (Å²) < 4.78 is 9.74. The standard InChI is InChI=1S/C11H12O5.K/c1-2-15-11(14)8(7-10(12)13)6-9-4-3-5-16-9;/h3-6H,2,7H2,1H3,(H,12,13);. The van der Waals surface area contributed by atoms with Crippen LogP contribution >= 0.6 is 0 Å². The number of carboxylic acids is 1. The number of esters is 1. The van der Waals surface area contributed by atoms with Crippen LogP contribution in [0.2, 0.25) is 0 Å². The smallest absolute Gasteiger partial charge is 0.334 e. The van der Waals surface area contributed by atoms with E-state index in [0.29, 0.717) is 5.76 Å². The van der Waals surface area contributed by atoms with Crippen molar-refractivity contribution in [1.82, 2.24) is 0 Å². The molecule has 17 heavy (non-hydrogen) atoms. The molecule has 0 aliphatic carbocycles. The zero-order valence-electron chi connectivity index (χ0n) is 9.80. The van der Waals surface area contributed by atoms with Crippen molar-refractivity contribution in [2.45, 2.75) is 13.3 Å². The van der Waals surface area contributed by atoms with E-state index in [4.69, 9.17) is 14.3 Å². The van der Waals surface area contributed by atoms with E-state index in [2.05, 4.69) is 0 Å². The summed E-state index contributed by atoms with van der Waals surface area (Å²) in [5.41, 5.74) is 0.0595. The van der Waals surface area contributed by atoms with Gasteiger partial charge in [-0.2, -0.15) is 0 Å². The average Bonchev–Trinajstić information content (AvgIpc) is 2.69. The predicted molar refractivity (Wildman–Crippen MR) is 61.3 cm³/mol. The fraction of sp³-hybridized carbons (Fsp3) is 0.273. The van der Waals surface area contributed by atoms with E-state index in [1.54, 1.807) is 19.1 Å². The molecule has 5 nitrogen and oxygen atoms in total. The van der Waals surface area contributed by atoms with Gasteiger partial charge >= 0.3 is 11.9 Å².